The third-order valence-electron chi connectivity index (χ3n) is 4.80. The highest BCUT2D eigenvalue weighted by Gasteiger charge is 2.52. The van der Waals surface area contributed by atoms with Crippen molar-refractivity contribution in [1.82, 2.24) is 4.90 Å². The van der Waals surface area contributed by atoms with Crippen molar-refractivity contribution in [2.24, 2.45) is 4.99 Å². The molecular formula is C17H26IN3O2S. The molecule has 2 fully saturated rings. The Labute approximate surface area is 161 Å². The van der Waals surface area contributed by atoms with Gasteiger partial charge in [-0.15, -0.1) is 24.0 Å². The standard InChI is InChI=1S/C17H25N3O2S.HI/c1-23(21,22)17(10-11-17)14-18-16(20-12-6-3-7-13-20)19-15-8-4-2-5-9-15;/h2,4-5,8-9H,3,6-7,10-14H2,1H3,(H,18,19);1H. The van der Waals surface area contributed by atoms with Crippen molar-refractivity contribution in [3.05, 3.63) is 30.3 Å². The lowest BCUT2D eigenvalue weighted by Gasteiger charge is -2.30. The van der Waals surface area contributed by atoms with Gasteiger partial charge < -0.3 is 10.2 Å². The van der Waals surface area contributed by atoms with Crippen molar-refractivity contribution >= 4 is 45.5 Å². The first-order chi connectivity index (χ1) is 11.0. The smallest absolute Gasteiger partial charge is 0.198 e. The molecule has 24 heavy (non-hydrogen) atoms. The number of rotatable bonds is 4. The predicted octanol–water partition coefficient (Wildman–Crippen LogP) is 3.14. The molecular weight excluding hydrogens is 437 g/mol. The van der Waals surface area contributed by atoms with E-state index in [1.807, 2.05) is 30.3 Å². The van der Waals surface area contributed by atoms with Crippen molar-refractivity contribution in [3.63, 3.8) is 0 Å². The third kappa shape index (κ3) is 4.62. The Bertz CT molecular complexity index is 666. The Kier molecular flexibility index (Phi) is 6.52. The van der Waals surface area contributed by atoms with Crippen LogP contribution < -0.4 is 5.32 Å². The lowest BCUT2D eigenvalue weighted by Crippen LogP contribution is -2.41. The first-order valence-electron chi connectivity index (χ1n) is 8.31. The summed E-state index contributed by atoms with van der Waals surface area (Å²) in [6.07, 6.45) is 6.37. The third-order valence-corrected chi connectivity index (χ3v) is 6.91. The summed E-state index contributed by atoms with van der Waals surface area (Å²) >= 11 is 0. The molecule has 0 amide bonds. The van der Waals surface area contributed by atoms with Gasteiger partial charge >= 0.3 is 0 Å². The summed E-state index contributed by atoms with van der Waals surface area (Å²) in [6, 6.07) is 9.95. The minimum absolute atomic E-state index is 0. The molecule has 5 nitrogen and oxygen atoms in total. The predicted molar refractivity (Wildman–Crippen MR) is 110 cm³/mol. The number of anilines is 1. The zero-order chi connectivity index (χ0) is 16.3. The van der Waals surface area contributed by atoms with E-state index in [4.69, 9.17) is 4.99 Å². The van der Waals surface area contributed by atoms with Crippen LogP contribution in [0.1, 0.15) is 32.1 Å². The minimum atomic E-state index is -3.04. The molecule has 1 N–H and O–H groups in total. The highest BCUT2D eigenvalue weighted by Crippen LogP contribution is 2.43. The number of para-hydroxylation sites is 1. The average molecular weight is 463 g/mol. The van der Waals surface area contributed by atoms with E-state index in [1.165, 1.54) is 12.7 Å². The van der Waals surface area contributed by atoms with Crippen molar-refractivity contribution in [1.29, 1.82) is 0 Å². The molecule has 0 bridgehead atoms. The largest absolute Gasteiger partial charge is 0.343 e. The van der Waals surface area contributed by atoms with E-state index in [-0.39, 0.29) is 24.0 Å². The Hall–Kier alpha value is -0.830. The quantitative estimate of drug-likeness (QED) is 0.424. The summed E-state index contributed by atoms with van der Waals surface area (Å²) in [5.41, 5.74) is 0.987. The van der Waals surface area contributed by atoms with Gasteiger partial charge in [-0.3, -0.25) is 4.99 Å². The monoisotopic (exact) mass is 463 g/mol. The second-order valence-corrected chi connectivity index (χ2v) is 9.04. The van der Waals surface area contributed by atoms with Crippen molar-refractivity contribution in [2.45, 2.75) is 36.9 Å². The number of hydrogen-bond donors (Lipinski definition) is 1. The number of guanidine groups is 1. The van der Waals surface area contributed by atoms with Gasteiger partial charge in [0.15, 0.2) is 15.8 Å². The molecule has 0 atom stereocenters. The number of aliphatic imine (C=N–C) groups is 1. The molecule has 1 heterocycles. The second-order valence-electron chi connectivity index (χ2n) is 6.63. The molecule has 1 saturated carbocycles. The van der Waals surface area contributed by atoms with Crippen LogP contribution in [-0.4, -0.2) is 49.9 Å². The van der Waals surface area contributed by atoms with Crippen LogP contribution in [-0.2, 0) is 9.84 Å². The molecule has 7 heteroatoms. The molecule has 1 aromatic rings. The first kappa shape index (κ1) is 19.5. The molecule has 3 rings (SSSR count). The molecule has 0 aromatic heterocycles. The van der Waals surface area contributed by atoms with Gasteiger partial charge in [-0.25, -0.2) is 8.42 Å². The highest BCUT2D eigenvalue weighted by atomic mass is 127. The van der Waals surface area contributed by atoms with Crippen LogP contribution in [0.4, 0.5) is 5.69 Å². The van der Waals surface area contributed by atoms with E-state index in [1.54, 1.807) is 0 Å². The van der Waals surface area contributed by atoms with Gasteiger partial charge in [-0.05, 0) is 44.2 Å². The van der Waals surface area contributed by atoms with E-state index in [9.17, 15) is 8.42 Å². The fourth-order valence-electron chi connectivity index (χ4n) is 2.98. The van der Waals surface area contributed by atoms with E-state index < -0.39 is 14.6 Å². The van der Waals surface area contributed by atoms with Crippen LogP contribution in [0.2, 0.25) is 0 Å². The van der Waals surface area contributed by atoms with Crippen LogP contribution in [0.3, 0.4) is 0 Å². The van der Waals surface area contributed by atoms with E-state index in [0.29, 0.717) is 6.54 Å². The Morgan fingerprint density at radius 2 is 1.79 bits per heavy atom. The van der Waals surface area contributed by atoms with Gasteiger partial charge in [0.25, 0.3) is 0 Å². The van der Waals surface area contributed by atoms with Gasteiger partial charge in [0, 0.05) is 25.0 Å². The van der Waals surface area contributed by atoms with Gasteiger partial charge in [0.1, 0.15) is 0 Å². The molecule has 0 radical (unpaired) electrons. The summed E-state index contributed by atoms with van der Waals surface area (Å²) in [5, 5.41) is 3.38. The van der Waals surface area contributed by atoms with Crippen LogP contribution >= 0.6 is 24.0 Å². The molecule has 1 saturated heterocycles. The van der Waals surface area contributed by atoms with Crippen LogP contribution in [0.15, 0.2) is 35.3 Å². The summed E-state index contributed by atoms with van der Waals surface area (Å²) in [5.74, 6) is 0.811. The normalized spacial score (nSPS) is 20.2. The summed E-state index contributed by atoms with van der Waals surface area (Å²) in [4.78, 5) is 6.94. The zero-order valence-corrected chi connectivity index (χ0v) is 17.2. The van der Waals surface area contributed by atoms with E-state index in [0.717, 1.165) is 50.4 Å². The number of nitrogens with zero attached hydrogens (tertiary/aromatic N) is 2. The molecule has 2 aliphatic rings. The molecule has 0 spiro atoms. The second kappa shape index (κ2) is 8.03. The number of nitrogens with one attached hydrogen (secondary N) is 1. The van der Waals surface area contributed by atoms with Crippen molar-refractivity contribution < 1.29 is 8.42 Å². The fraction of sp³-hybridized carbons (Fsp3) is 0.588. The Balaban J connectivity index is 0.00000208. The number of likely N-dealkylation sites (tertiary alicyclic amines) is 1. The van der Waals surface area contributed by atoms with Crippen molar-refractivity contribution in [2.75, 3.05) is 31.2 Å². The average Bonchev–Trinajstić information content (AvgIpc) is 3.34. The lowest BCUT2D eigenvalue weighted by molar-refractivity contribution is 0.340. The number of hydrogen-bond acceptors (Lipinski definition) is 3. The van der Waals surface area contributed by atoms with Gasteiger partial charge in [-0.2, -0.15) is 0 Å². The Morgan fingerprint density at radius 1 is 1.17 bits per heavy atom. The number of piperidine rings is 1. The van der Waals surface area contributed by atoms with Crippen LogP contribution in [0.5, 0.6) is 0 Å². The van der Waals surface area contributed by atoms with Gasteiger partial charge in [-0.1, -0.05) is 18.2 Å². The maximum absolute atomic E-state index is 12.0. The fourth-order valence-corrected chi connectivity index (χ4v) is 4.12. The number of halogens is 1. The topological polar surface area (TPSA) is 61.8 Å². The summed E-state index contributed by atoms with van der Waals surface area (Å²) in [7, 11) is -3.04. The van der Waals surface area contributed by atoms with Crippen molar-refractivity contribution in [3.8, 4) is 0 Å². The Morgan fingerprint density at radius 3 is 2.33 bits per heavy atom. The molecule has 0 unspecified atom stereocenters. The maximum atomic E-state index is 12.0. The molecule has 1 aliphatic heterocycles. The SMILES string of the molecule is CS(=O)(=O)C1(CN=C(Nc2ccccc2)N2CCCCC2)CC1.I. The highest BCUT2D eigenvalue weighted by molar-refractivity contribution is 14.0. The summed E-state index contributed by atoms with van der Waals surface area (Å²) < 4.78 is 23.3. The number of benzene rings is 1. The maximum Gasteiger partial charge on any atom is 0.198 e. The minimum Gasteiger partial charge on any atom is -0.343 e. The van der Waals surface area contributed by atoms with Crippen LogP contribution in [0, 0.1) is 0 Å². The van der Waals surface area contributed by atoms with E-state index in [2.05, 4.69) is 10.2 Å². The number of sulfone groups is 1. The molecule has 134 valence electrons. The molecule has 1 aliphatic carbocycles. The zero-order valence-electron chi connectivity index (χ0n) is 14.1. The first-order valence-corrected chi connectivity index (χ1v) is 10.2. The van der Waals surface area contributed by atoms with E-state index >= 15 is 0 Å². The van der Waals surface area contributed by atoms with Crippen LogP contribution in [0.25, 0.3) is 0 Å². The van der Waals surface area contributed by atoms with Gasteiger partial charge in [0.05, 0.1) is 11.3 Å². The lowest BCUT2D eigenvalue weighted by atomic mass is 10.1. The summed E-state index contributed by atoms with van der Waals surface area (Å²) in [6.45, 7) is 2.31. The molecule has 1 aromatic carbocycles. The van der Waals surface area contributed by atoms with Gasteiger partial charge in [0.2, 0.25) is 0 Å².